The van der Waals surface area contributed by atoms with Crippen LogP contribution in [0.1, 0.15) is 127 Å². The lowest BCUT2D eigenvalue weighted by molar-refractivity contribution is 0.119. The van der Waals surface area contributed by atoms with Crippen molar-refractivity contribution in [3.63, 3.8) is 0 Å². The standard InChI is InChI=1S/C19H18BrFO4.C18H18BrFO5.C18H18BrFO4.C17H16BrFO5.C17H16BrFO4S.C17H16BrFO4/c1-11-8-15(20)18(9-16(11)21)24-10-14-13(12-6-7-12)4-3-5-17(14)25-19(22)23-2;1-4-23-15-6-5-7-16(25-18(21)22-3)12(15)10-24-17-9-14(20)11(2)8-13(17)19;1-4-12-6-5-7-16(24-18(21)22-3)13(12)10-23-17-9-15(20)11(2)8-14(17)19;1-10-6-13(18)16(7-14(10)19)23-9-12-11(8-20)4-3-5-15(12)24-17(21)22-2;1-10-6-13(18)16(7-14(10)19)22-8-12-11(9-24)4-3-5-15(12)23-17(20)21-2;1-10-5-4-6-15(23-17(20)21-3)12(10)9-22-16-8-14(19)11(2)7-13(16)18/h3-5,8-9,12H,6-7,10H2,1-2H3;5-9H,4,10H2,1-3H3;5-9H,4,10H2,1-3H3;3-7,20H,8-9H2,1-2H3;3-7,24H,8-9H2,1-2H3;4-8H,9H2,1-3H3. The summed E-state index contributed by atoms with van der Waals surface area (Å²) >= 11 is 24.4. The van der Waals surface area contributed by atoms with Crippen molar-refractivity contribution < 1.29 is 150 Å². The number of benzene rings is 12. The maximum absolute atomic E-state index is 13.8. The van der Waals surface area contributed by atoms with Gasteiger partial charge in [-0.3, -0.25) is 0 Å². The van der Waals surface area contributed by atoms with Crippen LogP contribution in [-0.4, -0.2) is 91.3 Å². The number of aliphatic hydroxyl groups excluding tert-OH is 1. The summed E-state index contributed by atoms with van der Waals surface area (Å²) in [6, 6.07) is 49.0. The Hall–Kier alpha value is -12.4. The number of halogens is 12. The molecule has 1 aliphatic rings. The van der Waals surface area contributed by atoms with Crippen LogP contribution >= 0.6 is 108 Å². The molecule has 1 aliphatic carbocycles. The fourth-order valence-electron chi connectivity index (χ4n) is 13.0. The fourth-order valence-corrected chi connectivity index (χ4v) is 16.7. The number of aryl methyl sites for hydroxylation is 8. The molecule has 26 nitrogen and oxygen atoms in total. The van der Waals surface area contributed by atoms with Crippen molar-refractivity contribution in [1.82, 2.24) is 0 Å². The minimum Gasteiger partial charge on any atom is -0.493 e. The van der Waals surface area contributed by atoms with Crippen molar-refractivity contribution in [3.05, 3.63) is 338 Å². The number of methoxy groups -OCH3 is 6. The van der Waals surface area contributed by atoms with Gasteiger partial charge in [0.05, 0.1) is 88.3 Å². The summed E-state index contributed by atoms with van der Waals surface area (Å²) in [6.45, 7) is 16.4. The summed E-state index contributed by atoms with van der Waals surface area (Å²) in [7, 11) is 7.38. The SMILES string of the molecule is CCOc1cccc(OC(=O)OC)c1COc1cc(F)c(C)cc1Br.CCc1cccc(OC(=O)OC)c1COc1cc(F)c(C)cc1Br.COC(=O)Oc1cccc(C)c1COc1cc(F)c(C)cc1Br.COC(=O)Oc1cccc(C2CC2)c1COc1cc(F)c(C)cc1Br.COC(=O)Oc1cccc(CO)c1COc1cc(F)c(C)cc1Br.COC(=O)Oc1cccc(CS)c1COc1cc(F)c(C)cc1Br. The Morgan fingerprint density at radius 2 is 0.524 bits per heavy atom. The van der Waals surface area contributed by atoms with Gasteiger partial charge in [0.15, 0.2) is 0 Å². The van der Waals surface area contributed by atoms with E-state index in [1.807, 2.05) is 51.1 Å². The van der Waals surface area contributed by atoms with Gasteiger partial charge in [0.2, 0.25) is 0 Å². The van der Waals surface area contributed by atoms with Crippen LogP contribution in [0.4, 0.5) is 55.1 Å². The number of aliphatic hydroxyl groups is 1. The van der Waals surface area contributed by atoms with Gasteiger partial charge < -0.3 is 95.1 Å². The molecule has 0 spiro atoms. The molecular weight excluding hydrogens is 2310 g/mol. The topological polar surface area (TPSA) is 298 Å². The number of carbonyl (C=O) groups is 6. The smallest absolute Gasteiger partial charge is 0.493 e. The summed E-state index contributed by atoms with van der Waals surface area (Å²) in [6.07, 6.45) is -2.01. The van der Waals surface area contributed by atoms with Crippen LogP contribution in [-0.2, 0) is 86.8 Å². The molecule has 772 valence electrons. The van der Waals surface area contributed by atoms with Crippen molar-refractivity contribution in [2.75, 3.05) is 49.3 Å². The number of hydrogen-bond donors (Lipinski definition) is 2. The molecule has 1 saturated carbocycles. The Morgan fingerprint density at radius 3 is 0.814 bits per heavy atom. The number of ether oxygens (including phenoxy) is 19. The van der Waals surface area contributed by atoms with E-state index in [2.05, 4.69) is 137 Å². The molecule has 12 aromatic rings. The molecule has 0 atom stereocenters. The second-order valence-corrected chi connectivity index (χ2v) is 36.4. The molecule has 39 heteroatoms. The quantitative estimate of drug-likeness (QED) is 0.0139. The average Bonchev–Trinajstić information content (AvgIpc) is 1.66. The number of rotatable bonds is 30. The van der Waals surface area contributed by atoms with E-state index < -0.39 is 42.7 Å². The molecule has 1 N–H and O–H groups in total. The Bertz CT molecular complexity index is 6230. The first-order valence-electron chi connectivity index (χ1n) is 43.8. The summed E-state index contributed by atoms with van der Waals surface area (Å²) in [5.74, 6) is 3.27. The monoisotopic (exact) mass is 2410 g/mol. The lowest BCUT2D eigenvalue weighted by Crippen LogP contribution is -2.11. The van der Waals surface area contributed by atoms with E-state index >= 15 is 0 Å². The van der Waals surface area contributed by atoms with Gasteiger partial charge in [0, 0.05) is 70.0 Å². The summed E-state index contributed by atoms with van der Waals surface area (Å²) < 4.78 is 184. The molecule has 0 saturated heterocycles. The first kappa shape index (κ1) is 118. The predicted octanol–water partition coefficient (Wildman–Crippen LogP) is 29.8. The highest BCUT2D eigenvalue weighted by Gasteiger charge is 2.30. The van der Waals surface area contributed by atoms with Gasteiger partial charge in [0.1, 0.15) is 149 Å². The third-order valence-corrected chi connectivity index (χ3v) is 25.1. The molecule has 0 radical (unpaired) electrons. The Morgan fingerprint density at radius 1 is 0.290 bits per heavy atom. The van der Waals surface area contributed by atoms with Crippen molar-refractivity contribution >= 4 is 145 Å². The van der Waals surface area contributed by atoms with E-state index in [0.717, 1.165) is 52.6 Å². The van der Waals surface area contributed by atoms with Gasteiger partial charge >= 0.3 is 36.9 Å². The average molecular weight is 2420 g/mol. The minimum atomic E-state index is -0.881. The second-order valence-electron chi connectivity index (χ2n) is 30.9. The highest BCUT2D eigenvalue weighted by Crippen LogP contribution is 2.46. The maximum atomic E-state index is 13.8. The molecule has 0 amide bonds. The van der Waals surface area contributed by atoms with Gasteiger partial charge in [-0.25, -0.2) is 55.1 Å². The van der Waals surface area contributed by atoms with Gasteiger partial charge in [-0.2, -0.15) is 12.6 Å². The van der Waals surface area contributed by atoms with Gasteiger partial charge in [-0.1, -0.05) is 73.7 Å². The molecular formula is C106H102Br6F6O26S. The third kappa shape index (κ3) is 35.5. The molecule has 0 aromatic heterocycles. The van der Waals surface area contributed by atoms with Gasteiger partial charge in [0.25, 0.3) is 0 Å². The number of thiol groups is 1. The molecule has 0 heterocycles. The second kappa shape index (κ2) is 58.7. The fraction of sp³-hybridized carbons (Fsp3) is 0.264. The van der Waals surface area contributed by atoms with E-state index in [1.165, 1.54) is 79.1 Å². The molecule has 145 heavy (non-hydrogen) atoms. The summed E-state index contributed by atoms with van der Waals surface area (Å²) in [5, 5.41) is 9.47. The van der Waals surface area contributed by atoms with Crippen LogP contribution in [0.5, 0.6) is 74.7 Å². The minimum absolute atomic E-state index is 0.0175. The first-order chi connectivity index (χ1) is 69.2. The van der Waals surface area contributed by atoms with Gasteiger partial charge in [-0.15, -0.1) is 0 Å². The maximum Gasteiger partial charge on any atom is 0.513 e. The number of carbonyl (C=O) groups excluding carboxylic acids is 6. The zero-order chi connectivity index (χ0) is 106. The van der Waals surface area contributed by atoms with Crippen molar-refractivity contribution in [3.8, 4) is 74.7 Å². The van der Waals surface area contributed by atoms with Crippen LogP contribution in [0.15, 0.2) is 209 Å². The molecule has 13 rings (SSSR count). The lowest BCUT2D eigenvalue weighted by atomic mass is 10.0. The molecule has 0 aliphatic heterocycles. The molecule has 12 aromatic carbocycles. The van der Waals surface area contributed by atoms with Gasteiger partial charge in [-0.05, 0) is 316 Å². The molecule has 1 fully saturated rings. The summed E-state index contributed by atoms with van der Waals surface area (Å²) in [5.41, 5.74) is 11.2. The van der Waals surface area contributed by atoms with Crippen LogP contribution in [0, 0.1) is 83.4 Å². The Kier molecular flexibility index (Phi) is 47.7. The zero-order valence-electron chi connectivity index (χ0n) is 81.0. The van der Waals surface area contributed by atoms with E-state index in [1.54, 1.807) is 157 Å². The highest BCUT2D eigenvalue weighted by atomic mass is 79.9. The van der Waals surface area contributed by atoms with Crippen LogP contribution in [0.2, 0.25) is 0 Å². The Balaban J connectivity index is 0.000000212. The van der Waals surface area contributed by atoms with Crippen LogP contribution in [0.3, 0.4) is 0 Å². The predicted molar refractivity (Wildman–Crippen MR) is 552 cm³/mol. The van der Waals surface area contributed by atoms with Crippen LogP contribution < -0.4 is 61.6 Å². The summed E-state index contributed by atoms with van der Waals surface area (Å²) in [4.78, 5) is 68.4. The number of hydrogen-bond acceptors (Lipinski definition) is 27. The lowest BCUT2D eigenvalue weighted by Gasteiger charge is -2.16. The third-order valence-electron chi connectivity index (χ3n) is 21.0. The Labute approximate surface area is 890 Å². The largest absolute Gasteiger partial charge is 0.513 e. The van der Waals surface area contributed by atoms with Crippen molar-refractivity contribution in [2.24, 2.45) is 0 Å². The van der Waals surface area contributed by atoms with E-state index in [0.29, 0.717) is 170 Å². The van der Waals surface area contributed by atoms with E-state index in [9.17, 15) is 60.2 Å². The zero-order valence-corrected chi connectivity index (χ0v) is 91.4. The first-order valence-corrected chi connectivity index (χ1v) is 49.2. The van der Waals surface area contributed by atoms with Crippen molar-refractivity contribution in [2.45, 2.75) is 139 Å². The normalized spacial score (nSPS) is 10.9. The van der Waals surface area contributed by atoms with Crippen LogP contribution in [0.25, 0.3) is 0 Å². The van der Waals surface area contributed by atoms with E-state index in [4.69, 9.17) is 61.6 Å². The highest BCUT2D eigenvalue weighted by molar-refractivity contribution is 9.11. The molecule has 0 bridgehead atoms. The van der Waals surface area contributed by atoms with E-state index in [-0.39, 0.29) is 86.8 Å². The van der Waals surface area contributed by atoms with Crippen molar-refractivity contribution in [1.29, 1.82) is 0 Å². The molecule has 0 unspecified atom stereocenters.